The molecule has 2 heterocycles. The van der Waals surface area contributed by atoms with Gasteiger partial charge in [0.15, 0.2) is 0 Å². The van der Waals surface area contributed by atoms with E-state index in [0.717, 1.165) is 32.2 Å². The zero-order valence-electron chi connectivity index (χ0n) is 16.5. The topological polar surface area (TPSA) is 131 Å². The van der Waals surface area contributed by atoms with Crippen LogP contribution < -0.4 is 16.4 Å². The molecule has 0 saturated carbocycles. The van der Waals surface area contributed by atoms with Gasteiger partial charge < -0.3 is 21.3 Å². The Balaban J connectivity index is 0.00000300. The van der Waals surface area contributed by atoms with E-state index in [1.165, 1.54) is 6.07 Å². The number of hydrogen-bond donors (Lipinski definition) is 3. The molecule has 4 N–H and O–H groups in total. The number of amides is 2. The van der Waals surface area contributed by atoms with Crippen molar-refractivity contribution in [1.82, 2.24) is 15.5 Å². The number of halogens is 1. The molecule has 2 atom stereocenters. The minimum atomic E-state index is -0.565. The normalized spacial score (nSPS) is 21.3. The highest BCUT2D eigenvalue weighted by Gasteiger charge is 2.29. The number of nitrogens with zero attached hydrogens (tertiary/aromatic N) is 2. The molecule has 0 spiro atoms. The van der Waals surface area contributed by atoms with Crippen LogP contribution in [0.3, 0.4) is 0 Å². The minimum absolute atomic E-state index is 0. The lowest BCUT2D eigenvalue weighted by atomic mass is 9.96. The molecule has 29 heavy (non-hydrogen) atoms. The molecule has 2 fully saturated rings. The van der Waals surface area contributed by atoms with Gasteiger partial charge in [-0.3, -0.25) is 19.7 Å². The van der Waals surface area contributed by atoms with Crippen LogP contribution in [-0.2, 0) is 4.79 Å². The summed E-state index contributed by atoms with van der Waals surface area (Å²) in [6.45, 7) is 4.17. The van der Waals surface area contributed by atoms with Crippen LogP contribution in [0.5, 0.6) is 0 Å². The molecule has 2 aliphatic rings. The van der Waals surface area contributed by atoms with E-state index in [0.29, 0.717) is 25.2 Å². The fourth-order valence-corrected chi connectivity index (χ4v) is 3.97. The summed E-state index contributed by atoms with van der Waals surface area (Å²) in [4.78, 5) is 37.4. The van der Waals surface area contributed by atoms with Crippen molar-refractivity contribution in [2.24, 2.45) is 5.92 Å². The maximum atomic E-state index is 13.0. The smallest absolute Gasteiger partial charge is 0.293 e. The molecule has 2 aliphatic heterocycles. The second-order valence-corrected chi connectivity index (χ2v) is 7.66. The molecular formula is C19H28ClN5O4. The van der Waals surface area contributed by atoms with E-state index >= 15 is 0 Å². The summed E-state index contributed by atoms with van der Waals surface area (Å²) in [7, 11) is 0. The second kappa shape index (κ2) is 9.89. The summed E-state index contributed by atoms with van der Waals surface area (Å²) in [6, 6.07) is 2.86. The highest BCUT2D eigenvalue weighted by molar-refractivity contribution is 6.01. The summed E-state index contributed by atoms with van der Waals surface area (Å²) >= 11 is 0. The van der Waals surface area contributed by atoms with Crippen LogP contribution in [0.2, 0.25) is 0 Å². The molecule has 0 aliphatic carbocycles. The predicted octanol–water partition coefficient (Wildman–Crippen LogP) is 1.63. The first-order valence-electron chi connectivity index (χ1n) is 9.71. The molecule has 2 saturated heterocycles. The van der Waals surface area contributed by atoms with Gasteiger partial charge in [0.25, 0.3) is 11.6 Å². The number of benzene rings is 1. The minimum Gasteiger partial charge on any atom is -0.393 e. The van der Waals surface area contributed by atoms with E-state index in [1.807, 2.05) is 0 Å². The van der Waals surface area contributed by atoms with Crippen molar-refractivity contribution in [1.29, 1.82) is 0 Å². The Kier molecular flexibility index (Phi) is 7.80. The molecule has 10 heteroatoms. The average molecular weight is 426 g/mol. The standard InChI is InChI=1S/C19H27N5O4.ClH/c1-12-8-14(17(20)16(9-12)24(27)28)19(26)23-7-3-4-13(11-23)10-22-18(25)15-5-2-6-21-15;/h8-9,13,15,21H,2-7,10-11,20H2,1H3,(H,22,25);1H. The molecule has 3 rings (SSSR count). The molecule has 9 nitrogen and oxygen atoms in total. The number of rotatable bonds is 5. The van der Waals surface area contributed by atoms with Crippen molar-refractivity contribution < 1.29 is 14.5 Å². The number of likely N-dealkylation sites (tertiary alicyclic amines) is 1. The summed E-state index contributed by atoms with van der Waals surface area (Å²) in [5, 5.41) is 17.3. The van der Waals surface area contributed by atoms with Gasteiger partial charge >= 0.3 is 0 Å². The van der Waals surface area contributed by atoms with Crippen LogP contribution >= 0.6 is 12.4 Å². The number of carbonyl (C=O) groups excluding carboxylic acids is 2. The SMILES string of the molecule is Cc1cc(C(=O)N2CCCC(CNC(=O)C3CCCN3)C2)c(N)c([N+](=O)[O-])c1.Cl. The maximum absolute atomic E-state index is 13.0. The monoisotopic (exact) mass is 425 g/mol. The molecule has 2 unspecified atom stereocenters. The first kappa shape index (κ1) is 22.9. The van der Waals surface area contributed by atoms with Gasteiger partial charge in [-0.1, -0.05) is 0 Å². The molecule has 1 aromatic carbocycles. The van der Waals surface area contributed by atoms with E-state index in [2.05, 4.69) is 10.6 Å². The highest BCUT2D eigenvalue weighted by atomic mass is 35.5. The number of anilines is 1. The first-order valence-corrected chi connectivity index (χ1v) is 9.71. The lowest BCUT2D eigenvalue weighted by molar-refractivity contribution is -0.384. The third kappa shape index (κ3) is 5.36. The van der Waals surface area contributed by atoms with Crippen molar-refractivity contribution in [2.45, 2.75) is 38.6 Å². The fraction of sp³-hybridized carbons (Fsp3) is 0.579. The van der Waals surface area contributed by atoms with Crippen LogP contribution in [0.25, 0.3) is 0 Å². The maximum Gasteiger partial charge on any atom is 0.293 e. The number of hydrogen-bond acceptors (Lipinski definition) is 6. The molecular weight excluding hydrogens is 398 g/mol. The van der Waals surface area contributed by atoms with E-state index in [-0.39, 0.29) is 53.1 Å². The molecule has 0 radical (unpaired) electrons. The van der Waals surface area contributed by atoms with Gasteiger partial charge in [0.05, 0.1) is 16.5 Å². The van der Waals surface area contributed by atoms with Gasteiger partial charge in [0.2, 0.25) is 5.91 Å². The van der Waals surface area contributed by atoms with Crippen LogP contribution in [-0.4, -0.2) is 53.9 Å². The molecule has 2 amide bonds. The Morgan fingerprint density at radius 3 is 2.76 bits per heavy atom. The van der Waals surface area contributed by atoms with Crippen LogP contribution in [0.15, 0.2) is 12.1 Å². The zero-order chi connectivity index (χ0) is 20.3. The number of carbonyl (C=O) groups is 2. The zero-order valence-corrected chi connectivity index (χ0v) is 17.3. The average Bonchev–Trinajstić information content (AvgIpc) is 3.22. The van der Waals surface area contributed by atoms with Crippen molar-refractivity contribution in [2.75, 3.05) is 31.9 Å². The van der Waals surface area contributed by atoms with E-state index in [9.17, 15) is 19.7 Å². The van der Waals surface area contributed by atoms with E-state index in [4.69, 9.17) is 5.73 Å². The summed E-state index contributed by atoms with van der Waals surface area (Å²) < 4.78 is 0. The van der Waals surface area contributed by atoms with Crippen molar-refractivity contribution in [3.63, 3.8) is 0 Å². The number of nitrogen functional groups attached to an aromatic ring is 1. The second-order valence-electron chi connectivity index (χ2n) is 7.66. The van der Waals surface area contributed by atoms with Gasteiger partial charge in [-0.2, -0.15) is 0 Å². The highest BCUT2D eigenvalue weighted by Crippen LogP contribution is 2.29. The Labute approximate surface area is 175 Å². The summed E-state index contributed by atoms with van der Waals surface area (Å²) in [5.41, 5.74) is 6.37. The summed E-state index contributed by atoms with van der Waals surface area (Å²) in [6.07, 6.45) is 3.60. The quantitative estimate of drug-likeness (QED) is 0.373. The van der Waals surface area contributed by atoms with Gasteiger partial charge in [0.1, 0.15) is 5.69 Å². The fourth-order valence-electron chi connectivity index (χ4n) is 3.97. The van der Waals surface area contributed by atoms with Gasteiger partial charge in [-0.15, -0.1) is 12.4 Å². The Hall–Kier alpha value is -2.39. The van der Waals surface area contributed by atoms with Crippen molar-refractivity contribution in [3.05, 3.63) is 33.4 Å². The Bertz CT molecular complexity index is 782. The number of aryl methyl sites for hydroxylation is 1. The van der Waals surface area contributed by atoms with Crippen LogP contribution in [0, 0.1) is 23.0 Å². The van der Waals surface area contributed by atoms with Gasteiger partial charge in [-0.05, 0) is 56.7 Å². The number of nitrogens with two attached hydrogens (primary N) is 1. The third-order valence-electron chi connectivity index (χ3n) is 5.48. The van der Waals surface area contributed by atoms with E-state index in [1.54, 1.807) is 17.9 Å². The van der Waals surface area contributed by atoms with Crippen LogP contribution in [0.1, 0.15) is 41.6 Å². The van der Waals surface area contributed by atoms with E-state index < -0.39 is 4.92 Å². The predicted molar refractivity (Wildman–Crippen MR) is 112 cm³/mol. The molecule has 160 valence electrons. The van der Waals surface area contributed by atoms with Gasteiger partial charge in [-0.25, -0.2) is 0 Å². The number of piperidine rings is 1. The van der Waals surface area contributed by atoms with Crippen molar-refractivity contribution in [3.8, 4) is 0 Å². The molecule has 0 bridgehead atoms. The number of nitro benzene ring substituents is 1. The molecule has 0 aromatic heterocycles. The lowest BCUT2D eigenvalue weighted by Gasteiger charge is -2.33. The van der Waals surface area contributed by atoms with Gasteiger partial charge in [0, 0.05) is 25.7 Å². The largest absolute Gasteiger partial charge is 0.393 e. The van der Waals surface area contributed by atoms with Crippen molar-refractivity contribution >= 4 is 35.6 Å². The number of nitro groups is 1. The Morgan fingerprint density at radius 1 is 1.34 bits per heavy atom. The summed E-state index contributed by atoms with van der Waals surface area (Å²) in [5.74, 6) is -0.124. The first-order chi connectivity index (χ1) is 13.4. The lowest BCUT2D eigenvalue weighted by Crippen LogP contribution is -2.46. The molecule has 1 aromatic rings. The number of nitrogens with one attached hydrogen (secondary N) is 2. The Morgan fingerprint density at radius 2 is 2.10 bits per heavy atom. The van der Waals surface area contributed by atoms with Crippen LogP contribution in [0.4, 0.5) is 11.4 Å². The third-order valence-corrected chi connectivity index (χ3v) is 5.48.